The number of anilines is 1. The molecule has 2 rings (SSSR count). The summed E-state index contributed by atoms with van der Waals surface area (Å²) in [6.45, 7) is 5.73. The average molecular weight is 249 g/mol. The molecule has 0 saturated carbocycles. The van der Waals surface area contributed by atoms with Crippen molar-refractivity contribution in [3.05, 3.63) is 24.0 Å². The molecule has 1 aliphatic heterocycles. The van der Waals surface area contributed by atoms with Gasteiger partial charge in [0.2, 0.25) is 0 Å². The van der Waals surface area contributed by atoms with E-state index in [1.807, 2.05) is 12.3 Å². The number of nitrogens with one attached hydrogen (secondary N) is 1. The molecule has 0 radical (unpaired) electrons. The number of aromatic nitrogens is 1. The molecule has 0 aliphatic carbocycles. The Balaban J connectivity index is 1.93. The summed E-state index contributed by atoms with van der Waals surface area (Å²) in [5.74, 6) is 0. The molecule has 100 valence electrons. The molecule has 18 heavy (non-hydrogen) atoms. The predicted octanol–water partition coefficient (Wildman–Crippen LogP) is 2.12. The van der Waals surface area contributed by atoms with Crippen LogP contribution in [-0.4, -0.2) is 42.7 Å². The van der Waals surface area contributed by atoms with Crippen LogP contribution in [0.3, 0.4) is 0 Å². The van der Waals surface area contributed by atoms with Crippen molar-refractivity contribution in [2.24, 2.45) is 0 Å². The molecule has 0 atom stereocenters. The van der Waals surface area contributed by atoms with Crippen LogP contribution in [-0.2, 0) is 11.3 Å². The molecule has 4 nitrogen and oxygen atoms in total. The minimum absolute atomic E-state index is 0.628. The first-order valence-corrected chi connectivity index (χ1v) is 6.76. The van der Waals surface area contributed by atoms with Gasteiger partial charge in [-0.25, -0.2) is 0 Å². The van der Waals surface area contributed by atoms with E-state index >= 15 is 0 Å². The molecule has 1 aromatic rings. The third kappa shape index (κ3) is 3.68. The van der Waals surface area contributed by atoms with E-state index in [-0.39, 0.29) is 0 Å². The van der Waals surface area contributed by atoms with Crippen molar-refractivity contribution >= 4 is 5.69 Å². The van der Waals surface area contributed by atoms with Gasteiger partial charge in [-0.3, -0.25) is 9.88 Å². The van der Waals surface area contributed by atoms with E-state index in [1.165, 1.54) is 0 Å². The maximum atomic E-state index is 5.40. The van der Waals surface area contributed by atoms with Gasteiger partial charge in [0.25, 0.3) is 0 Å². The largest absolute Gasteiger partial charge is 0.385 e. The van der Waals surface area contributed by atoms with Crippen molar-refractivity contribution in [3.8, 4) is 0 Å². The van der Waals surface area contributed by atoms with Crippen molar-refractivity contribution in [2.45, 2.75) is 32.4 Å². The third-order valence-electron chi connectivity index (χ3n) is 3.42. The summed E-state index contributed by atoms with van der Waals surface area (Å²) in [6, 6.07) is 4.78. The van der Waals surface area contributed by atoms with Gasteiger partial charge in [0.15, 0.2) is 0 Å². The number of nitrogens with zero attached hydrogens (tertiary/aromatic N) is 2. The molecule has 0 amide bonds. The van der Waals surface area contributed by atoms with Gasteiger partial charge in [0.1, 0.15) is 0 Å². The maximum Gasteiger partial charge on any atom is 0.0564 e. The molecule has 1 N–H and O–H groups in total. The van der Waals surface area contributed by atoms with Gasteiger partial charge < -0.3 is 10.1 Å². The Morgan fingerprint density at radius 3 is 2.94 bits per heavy atom. The quantitative estimate of drug-likeness (QED) is 0.867. The van der Waals surface area contributed by atoms with Crippen LogP contribution in [0.5, 0.6) is 0 Å². The highest BCUT2D eigenvalue weighted by Crippen LogP contribution is 2.16. The van der Waals surface area contributed by atoms with Crippen molar-refractivity contribution in [3.63, 3.8) is 0 Å². The normalized spacial score (nSPS) is 17.1. The monoisotopic (exact) mass is 249 g/mol. The molecule has 0 unspecified atom stereocenters. The summed E-state index contributed by atoms with van der Waals surface area (Å²) in [4.78, 5) is 6.83. The van der Waals surface area contributed by atoms with Crippen molar-refractivity contribution < 1.29 is 4.74 Å². The highest BCUT2D eigenvalue weighted by atomic mass is 16.5. The molecule has 0 aromatic carbocycles. The number of pyridine rings is 1. The molecular formula is C14H23N3O. The second-order valence-electron chi connectivity index (χ2n) is 4.82. The van der Waals surface area contributed by atoms with Gasteiger partial charge in [0, 0.05) is 44.2 Å². The summed E-state index contributed by atoms with van der Waals surface area (Å²) >= 11 is 0. The summed E-state index contributed by atoms with van der Waals surface area (Å²) in [6.07, 6.45) is 4.14. The average Bonchev–Trinajstić information content (AvgIpc) is 2.40. The van der Waals surface area contributed by atoms with Crippen molar-refractivity contribution in [2.75, 3.05) is 32.1 Å². The second kappa shape index (κ2) is 6.71. The van der Waals surface area contributed by atoms with Crippen LogP contribution in [0.25, 0.3) is 0 Å². The predicted molar refractivity (Wildman–Crippen MR) is 73.7 cm³/mol. The first kappa shape index (κ1) is 13.3. The lowest BCUT2D eigenvalue weighted by molar-refractivity contribution is 0.0403. The van der Waals surface area contributed by atoms with Crippen LogP contribution < -0.4 is 5.32 Å². The van der Waals surface area contributed by atoms with Gasteiger partial charge in [0.05, 0.1) is 5.69 Å². The van der Waals surface area contributed by atoms with Crippen LogP contribution in [0.1, 0.15) is 25.5 Å². The Hall–Kier alpha value is -1.13. The standard InChI is InChI=1S/C14H23N3O/c1-3-15-12-4-7-16-13(10-12)11-17(2)14-5-8-18-9-6-14/h4,7,10,14H,3,5-6,8-9,11H2,1-2H3,(H,15,16). The zero-order valence-electron chi connectivity index (χ0n) is 11.4. The Labute approximate surface area is 109 Å². The van der Waals surface area contributed by atoms with E-state index in [2.05, 4.69) is 35.2 Å². The molecule has 1 saturated heterocycles. The van der Waals surface area contributed by atoms with E-state index in [1.54, 1.807) is 0 Å². The summed E-state index contributed by atoms with van der Waals surface area (Å²) < 4.78 is 5.40. The Morgan fingerprint density at radius 1 is 1.44 bits per heavy atom. The zero-order chi connectivity index (χ0) is 12.8. The lowest BCUT2D eigenvalue weighted by Gasteiger charge is -2.30. The van der Waals surface area contributed by atoms with Gasteiger partial charge >= 0.3 is 0 Å². The molecule has 1 aliphatic rings. The van der Waals surface area contributed by atoms with Gasteiger partial charge in [-0.15, -0.1) is 0 Å². The van der Waals surface area contributed by atoms with Gasteiger partial charge in [-0.05, 0) is 38.9 Å². The maximum absolute atomic E-state index is 5.40. The summed E-state index contributed by atoms with van der Waals surface area (Å²) in [5, 5.41) is 3.32. The lowest BCUT2D eigenvalue weighted by Crippen LogP contribution is -2.36. The van der Waals surface area contributed by atoms with E-state index in [0.29, 0.717) is 6.04 Å². The molecule has 1 aromatic heterocycles. The van der Waals surface area contributed by atoms with Crippen molar-refractivity contribution in [1.82, 2.24) is 9.88 Å². The topological polar surface area (TPSA) is 37.4 Å². The van der Waals surface area contributed by atoms with E-state index in [9.17, 15) is 0 Å². The molecular weight excluding hydrogens is 226 g/mol. The summed E-state index contributed by atoms with van der Waals surface area (Å²) in [5.41, 5.74) is 2.28. The molecule has 2 heterocycles. The highest BCUT2D eigenvalue weighted by Gasteiger charge is 2.18. The van der Waals surface area contributed by atoms with E-state index in [4.69, 9.17) is 4.74 Å². The van der Waals surface area contributed by atoms with Crippen molar-refractivity contribution in [1.29, 1.82) is 0 Å². The lowest BCUT2D eigenvalue weighted by atomic mass is 10.1. The first-order chi connectivity index (χ1) is 8.79. The van der Waals surface area contributed by atoms with Crippen LogP contribution in [0, 0.1) is 0 Å². The fourth-order valence-corrected chi connectivity index (χ4v) is 2.39. The smallest absolute Gasteiger partial charge is 0.0564 e. The van der Waals surface area contributed by atoms with Crippen LogP contribution in [0.15, 0.2) is 18.3 Å². The molecule has 1 fully saturated rings. The molecule has 0 spiro atoms. The van der Waals surface area contributed by atoms with Crippen LogP contribution in [0.2, 0.25) is 0 Å². The second-order valence-corrected chi connectivity index (χ2v) is 4.82. The van der Waals surface area contributed by atoms with Gasteiger partial charge in [-0.2, -0.15) is 0 Å². The first-order valence-electron chi connectivity index (χ1n) is 6.76. The third-order valence-corrected chi connectivity index (χ3v) is 3.42. The highest BCUT2D eigenvalue weighted by molar-refractivity contribution is 5.42. The van der Waals surface area contributed by atoms with Crippen LogP contribution >= 0.6 is 0 Å². The van der Waals surface area contributed by atoms with E-state index < -0.39 is 0 Å². The SMILES string of the molecule is CCNc1ccnc(CN(C)C2CCOCC2)c1. The molecule has 0 bridgehead atoms. The Bertz CT molecular complexity index is 364. The fourth-order valence-electron chi connectivity index (χ4n) is 2.39. The van der Waals surface area contributed by atoms with E-state index in [0.717, 1.165) is 50.5 Å². The number of ether oxygens (including phenoxy) is 1. The fraction of sp³-hybridized carbons (Fsp3) is 0.643. The zero-order valence-corrected chi connectivity index (χ0v) is 11.4. The number of hydrogen-bond donors (Lipinski definition) is 1. The Morgan fingerprint density at radius 2 is 2.22 bits per heavy atom. The Kier molecular flexibility index (Phi) is 4.96. The number of hydrogen-bond acceptors (Lipinski definition) is 4. The van der Waals surface area contributed by atoms with Crippen LogP contribution in [0.4, 0.5) is 5.69 Å². The summed E-state index contributed by atoms with van der Waals surface area (Å²) in [7, 11) is 2.18. The minimum atomic E-state index is 0.628. The van der Waals surface area contributed by atoms with Gasteiger partial charge in [-0.1, -0.05) is 0 Å². The minimum Gasteiger partial charge on any atom is -0.385 e. The number of rotatable bonds is 5. The molecule has 4 heteroatoms.